The highest BCUT2D eigenvalue weighted by Gasteiger charge is 2.30. The molecule has 1 saturated heterocycles. The standard InChI is InChI=1S/C24H21ClF3N3O3/c1-30-14-17(12-20(23(30)33)31-5-7-34-8-6-31)19-11-16(13-29-22(19)25)21(32)10-15-3-2-4-18(9-15)24(26,27)28/h2-4,9,11-14H,5-8,10H2,1H3. The average Bonchev–Trinajstić information content (AvgIpc) is 2.81. The predicted molar refractivity (Wildman–Crippen MR) is 122 cm³/mol. The first-order chi connectivity index (χ1) is 16.1. The average molecular weight is 492 g/mol. The van der Waals surface area contributed by atoms with Gasteiger partial charge in [-0.05, 0) is 23.8 Å². The summed E-state index contributed by atoms with van der Waals surface area (Å²) in [4.78, 5) is 31.6. The monoisotopic (exact) mass is 491 g/mol. The van der Waals surface area contributed by atoms with Gasteiger partial charge in [0, 0.05) is 55.6 Å². The van der Waals surface area contributed by atoms with Crippen molar-refractivity contribution in [3.05, 3.63) is 81.0 Å². The van der Waals surface area contributed by atoms with Crippen LogP contribution in [-0.4, -0.2) is 41.6 Å². The molecule has 0 N–H and O–H groups in total. The third-order valence-electron chi connectivity index (χ3n) is 5.61. The third-order valence-corrected chi connectivity index (χ3v) is 5.91. The molecular formula is C24H21ClF3N3O3. The molecule has 1 aliphatic heterocycles. The summed E-state index contributed by atoms with van der Waals surface area (Å²) in [5.74, 6) is -0.400. The second-order valence-electron chi connectivity index (χ2n) is 7.99. The highest BCUT2D eigenvalue weighted by Crippen LogP contribution is 2.31. The van der Waals surface area contributed by atoms with Crippen molar-refractivity contribution in [1.29, 1.82) is 0 Å². The summed E-state index contributed by atoms with van der Waals surface area (Å²) in [6.45, 7) is 2.16. The van der Waals surface area contributed by atoms with E-state index in [9.17, 15) is 22.8 Å². The van der Waals surface area contributed by atoms with Crippen LogP contribution < -0.4 is 10.5 Å². The summed E-state index contributed by atoms with van der Waals surface area (Å²) in [7, 11) is 1.62. The molecular weight excluding hydrogens is 471 g/mol. The molecule has 10 heteroatoms. The fourth-order valence-electron chi connectivity index (χ4n) is 3.82. The highest BCUT2D eigenvalue weighted by molar-refractivity contribution is 6.32. The van der Waals surface area contributed by atoms with Crippen LogP contribution in [0.5, 0.6) is 0 Å². The minimum atomic E-state index is -4.49. The summed E-state index contributed by atoms with van der Waals surface area (Å²) in [6.07, 6.45) is -1.81. The number of hydrogen-bond donors (Lipinski definition) is 0. The molecule has 1 fully saturated rings. The number of aryl methyl sites for hydroxylation is 1. The van der Waals surface area contributed by atoms with Crippen LogP contribution >= 0.6 is 11.6 Å². The zero-order valence-electron chi connectivity index (χ0n) is 18.2. The number of ether oxygens (including phenoxy) is 1. The van der Waals surface area contributed by atoms with Gasteiger partial charge in [-0.1, -0.05) is 29.8 Å². The molecule has 0 unspecified atom stereocenters. The summed E-state index contributed by atoms with van der Waals surface area (Å²) in [6, 6.07) is 7.92. The van der Waals surface area contributed by atoms with Crippen molar-refractivity contribution in [1.82, 2.24) is 9.55 Å². The summed E-state index contributed by atoms with van der Waals surface area (Å²) in [5.41, 5.74) is 0.989. The van der Waals surface area contributed by atoms with Gasteiger partial charge >= 0.3 is 6.18 Å². The van der Waals surface area contributed by atoms with Gasteiger partial charge in [0.05, 0.1) is 18.8 Å². The largest absolute Gasteiger partial charge is 0.416 e. The Morgan fingerprint density at radius 1 is 1.18 bits per heavy atom. The lowest BCUT2D eigenvalue weighted by molar-refractivity contribution is -0.137. The first-order valence-electron chi connectivity index (χ1n) is 10.5. The van der Waals surface area contributed by atoms with Gasteiger partial charge in [-0.2, -0.15) is 13.2 Å². The van der Waals surface area contributed by atoms with E-state index in [1.165, 1.54) is 22.9 Å². The number of aromatic nitrogens is 2. The second kappa shape index (κ2) is 9.60. The first-order valence-corrected chi connectivity index (χ1v) is 10.9. The number of ketones is 1. The number of nitrogens with zero attached hydrogens (tertiary/aromatic N) is 3. The summed E-state index contributed by atoms with van der Waals surface area (Å²) < 4.78 is 45.8. The topological polar surface area (TPSA) is 64.4 Å². The number of benzene rings is 1. The fraction of sp³-hybridized carbons (Fsp3) is 0.292. The van der Waals surface area contributed by atoms with E-state index in [1.54, 1.807) is 25.4 Å². The van der Waals surface area contributed by atoms with Crippen molar-refractivity contribution in [2.24, 2.45) is 7.05 Å². The van der Waals surface area contributed by atoms with Crippen molar-refractivity contribution >= 4 is 23.1 Å². The molecule has 6 nitrogen and oxygen atoms in total. The molecule has 0 aliphatic carbocycles. The number of alkyl halides is 3. The number of halogens is 4. The van der Waals surface area contributed by atoms with Crippen LogP contribution in [0.1, 0.15) is 21.5 Å². The van der Waals surface area contributed by atoms with Gasteiger partial charge in [0.15, 0.2) is 5.78 Å². The van der Waals surface area contributed by atoms with Crippen LogP contribution in [0.15, 0.2) is 53.6 Å². The number of hydrogen-bond acceptors (Lipinski definition) is 5. The van der Waals surface area contributed by atoms with Gasteiger partial charge in [-0.15, -0.1) is 0 Å². The first kappa shape index (κ1) is 24.0. The van der Waals surface area contributed by atoms with Crippen molar-refractivity contribution in [3.8, 4) is 11.1 Å². The predicted octanol–water partition coefficient (Wildman–Crippen LogP) is 4.38. The number of carbonyl (C=O) groups excluding carboxylic acids is 1. The normalized spacial score (nSPS) is 14.3. The molecule has 0 spiro atoms. The maximum absolute atomic E-state index is 13.0. The lowest BCUT2D eigenvalue weighted by Gasteiger charge is -2.28. The van der Waals surface area contributed by atoms with Crippen LogP contribution in [0.4, 0.5) is 18.9 Å². The van der Waals surface area contributed by atoms with E-state index in [2.05, 4.69) is 4.98 Å². The molecule has 0 saturated carbocycles. The molecule has 0 atom stereocenters. The Morgan fingerprint density at radius 3 is 2.62 bits per heavy atom. The van der Waals surface area contributed by atoms with Gasteiger partial charge in [-0.25, -0.2) is 4.98 Å². The molecule has 4 rings (SSSR count). The molecule has 178 valence electrons. The third kappa shape index (κ3) is 5.15. The molecule has 0 amide bonds. The minimum Gasteiger partial charge on any atom is -0.378 e. The number of Topliss-reactive ketones (excluding diaryl/α,β-unsaturated/α-hetero) is 1. The molecule has 1 aliphatic rings. The van der Waals surface area contributed by atoms with Crippen LogP contribution in [0.2, 0.25) is 5.15 Å². The van der Waals surface area contributed by atoms with E-state index in [0.29, 0.717) is 43.1 Å². The van der Waals surface area contributed by atoms with Gasteiger partial charge in [0.2, 0.25) is 0 Å². The SMILES string of the molecule is Cn1cc(-c2cc(C(=O)Cc3cccc(C(F)(F)F)c3)cnc2Cl)cc(N2CCOCC2)c1=O. The number of carbonyl (C=O) groups is 1. The van der Waals surface area contributed by atoms with Gasteiger partial charge in [0.1, 0.15) is 10.8 Å². The summed E-state index contributed by atoms with van der Waals surface area (Å²) in [5, 5.41) is 0.141. The van der Waals surface area contributed by atoms with Crippen molar-refractivity contribution < 1.29 is 22.7 Å². The minimum absolute atomic E-state index is 0.141. The molecule has 0 radical (unpaired) electrons. The van der Waals surface area contributed by atoms with Crippen LogP contribution in [-0.2, 0) is 24.4 Å². The Bertz CT molecular complexity index is 1280. The molecule has 0 bridgehead atoms. The number of anilines is 1. The van der Waals surface area contributed by atoms with E-state index < -0.39 is 17.5 Å². The van der Waals surface area contributed by atoms with Crippen molar-refractivity contribution in [2.45, 2.75) is 12.6 Å². The van der Waals surface area contributed by atoms with Gasteiger partial charge < -0.3 is 14.2 Å². The number of pyridine rings is 2. The Morgan fingerprint density at radius 2 is 1.91 bits per heavy atom. The smallest absolute Gasteiger partial charge is 0.378 e. The van der Waals surface area contributed by atoms with Gasteiger partial charge in [-0.3, -0.25) is 9.59 Å². The molecule has 2 aromatic heterocycles. The van der Waals surface area contributed by atoms with E-state index >= 15 is 0 Å². The quantitative estimate of drug-likeness (QED) is 0.391. The fourth-order valence-corrected chi connectivity index (χ4v) is 4.03. The maximum atomic E-state index is 13.0. The van der Waals surface area contributed by atoms with E-state index in [-0.39, 0.29) is 28.3 Å². The zero-order valence-corrected chi connectivity index (χ0v) is 19.0. The molecule has 3 aromatic rings. The number of rotatable bonds is 5. The summed E-state index contributed by atoms with van der Waals surface area (Å²) >= 11 is 6.33. The van der Waals surface area contributed by atoms with Crippen LogP contribution in [0, 0.1) is 0 Å². The lowest BCUT2D eigenvalue weighted by Crippen LogP contribution is -2.40. The van der Waals surface area contributed by atoms with E-state index in [1.807, 2.05) is 4.90 Å². The van der Waals surface area contributed by atoms with Crippen LogP contribution in [0.25, 0.3) is 11.1 Å². The Kier molecular flexibility index (Phi) is 6.77. The Hall–Kier alpha value is -3.17. The Balaban J connectivity index is 1.66. The van der Waals surface area contributed by atoms with E-state index in [4.69, 9.17) is 16.3 Å². The number of morpholine rings is 1. The Labute approximate surface area is 198 Å². The second-order valence-corrected chi connectivity index (χ2v) is 8.35. The van der Waals surface area contributed by atoms with Gasteiger partial charge in [0.25, 0.3) is 5.56 Å². The van der Waals surface area contributed by atoms with Crippen molar-refractivity contribution in [2.75, 3.05) is 31.2 Å². The lowest BCUT2D eigenvalue weighted by atomic mass is 10.00. The highest BCUT2D eigenvalue weighted by atomic mass is 35.5. The maximum Gasteiger partial charge on any atom is 0.416 e. The molecule has 34 heavy (non-hydrogen) atoms. The van der Waals surface area contributed by atoms with Crippen LogP contribution in [0.3, 0.4) is 0 Å². The molecule has 1 aromatic carbocycles. The molecule has 3 heterocycles. The zero-order chi connectivity index (χ0) is 24.5. The van der Waals surface area contributed by atoms with E-state index in [0.717, 1.165) is 12.1 Å². The van der Waals surface area contributed by atoms with Crippen molar-refractivity contribution in [3.63, 3.8) is 0 Å².